The molecule has 1 fully saturated rings. The molecule has 2 aromatic rings. The summed E-state index contributed by atoms with van der Waals surface area (Å²) >= 11 is 0. The number of nitrogens with zero attached hydrogens (tertiary/aromatic N) is 2. The molecule has 0 saturated carbocycles. The Hall–Kier alpha value is -2.63. The molecule has 1 aliphatic rings. The Bertz CT molecular complexity index is 854. The number of rotatable bonds is 9. The van der Waals surface area contributed by atoms with Gasteiger partial charge in [0.05, 0.1) is 18.8 Å². The van der Waals surface area contributed by atoms with Crippen molar-refractivity contribution in [1.29, 1.82) is 0 Å². The molecular weight excluding hydrogens is 383 g/mol. The molecule has 1 aromatic carbocycles. The SMILES string of the molecule is CC(=O)C[C@@H](C)c1ccc(O[C@@H]2CCN(c3ccnc(OCC(C)C)c3F)C2)cc1. The molecule has 0 bridgehead atoms. The Labute approximate surface area is 178 Å². The highest BCUT2D eigenvalue weighted by Crippen LogP contribution is 2.30. The molecule has 5 nitrogen and oxygen atoms in total. The van der Waals surface area contributed by atoms with Crippen molar-refractivity contribution in [2.45, 2.75) is 52.6 Å². The average Bonchev–Trinajstić information content (AvgIpc) is 3.15. The smallest absolute Gasteiger partial charge is 0.252 e. The van der Waals surface area contributed by atoms with E-state index in [4.69, 9.17) is 9.47 Å². The number of carbonyl (C=O) groups is 1. The highest BCUT2D eigenvalue weighted by molar-refractivity contribution is 5.76. The van der Waals surface area contributed by atoms with Crippen LogP contribution in [0.3, 0.4) is 0 Å². The van der Waals surface area contributed by atoms with Crippen LogP contribution in [0.5, 0.6) is 11.6 Å². The zero-order chi connectivity index (χ0) is 21.7. The van der Waals surface area contributed by atoms with Crippen LogP contribution >= 0.6 is 0 Å². The molecule has 6 heteroatoms. The van der Waals surface area contributed by atoms with E-state index < -0.39 is 5.82 Å². The van der Waals surface area contributed by atoms with E-state index in [9.17, 15) is 9.18 Å². The number of Topliss-reactive ketones (excluding diaryl/α,β-unsaturated/α-hetero) is 1. The lowest BCUT2D eigenvalue weighted by Gasteiger charge is -2.21. The van der Waals surface area contributed by atoms with E-state index in [-0.39, 0.29) is 23.7 Å². The summed E-state index contributed by atoms with van der Waals surface area (Å²) in [7, 11) is 0. The summed E-state index contributed by atoms with van der Waals surface area (Å²) in [5, 5.41) is 0. The normalized spacial score (nSPS) is 17.3. The second-order valence-corrected chi connectivity index (χ2v) is 8.50. The van der Waals surface area contributed by atoms with E-state index in [0.29, 0.717) is 37.7 Å². The van der Waals surface area contributed by atoms with Gasteiger partial charge in [-0.1, -0.05) is 32.9 Å². The lowest BCUT2D eigenvalue weighted by Crippen LogP contribution is -2.25. The fourth-order valence-electron chi connectivity index (χ4n) is 3.67. The first-order valence-electron chi connectivity index (χ1n) is 10.6. The fraction of sp³-hybridized carbons (Fsp3) is 0.500. The van der Waals surface area contributed by atoms with Crippen LogP contribution in [0.15, 0.2) is 36.5 Å². The van der Waals surface area contributed by atoms with Crippen LogP contribution in [0, 0.1) is 11.7 Å². The minimum atomic E-state index is -0.414. The average molecular weight is 415 g/mol. The molecule has 0 N–H and O–H groups in total. The quantitative estimate of drug-likeness (QED) is 0.578. The minimum absolute atomic E-state index is 0.0157. The minimum Gasteiger partial charge on any atom is -0.489 e. The number of ketones is 1. The molecule has 3 rings (SSSR count). The Morgan fingerprint density at radius 1 is 1.23 bits per heavy atom. The molecule has 162 valence electrons. The van der Waals surface area contributed by atoms with Gasteiger partial charge in [-0.05, 0) is 42.5 Å². The van der Waals surface area contributed by atoms with E-state index in [1.54, 1.807) is 19.2 Å². The Kier molecular flexibility index (Phi) is 7.29. The van der Waals surface area contributed by atoms with Gasteiger partial charge in [0.1, 0.15) is 17.6 Å². The van der Waals surface area contributed by atoms with Gasteiger partial charge in [-0.3, -0.25) is 0 Å². The van der Waals surface area contributed by atoms with Gasteiger partial charge in [0.15, 0.2) is 0 Å². The molecule has 1 saturated heterocycles. The maximum absolute atomic E-state index is 14.8. The molecule has 30 heavy (non-hydrogen) atoms. The van der Waals surface area contributed by atoms with Crippen molar-refractivity contribution < 1.29 is 18.7 Å². The number of aromatic nitrogens is 1. The first-order valence-corrected chi connectivity index (χ1v) is 10.6. The highest BCUT2D eigenvalue weighted by atomic mass is 19.1. The number of hydrogen-bond acceptors (Lipinski definition) is 5. The van der Waals surface area contributed by atoms with Crippen LogP contribution in [0.1, 0.15) is 52.0 Å². The topological polar surface area (TPSA) is 51.7 Å². The Morgan fingerprint density at radius 2 is 1.97 bits per heavy atom. The van der Waals surface area contributed by atoms with Crippen molar-refractivity contribution in [3.8, 4) is 11.6 Å². The van der Waals surface area contributed by atoms with Crippen LogP contribution in [0.4, 0.5) is 10.1 Å². The number of ether oxygens (including phenoxy) is 2. The first kappa shape index (κ1) is 22.1. The molecule has 0 unspecified atom stereocenters. The van der Waals surface area contributed by atoms with Gasteiger partial charge in [-0.15, -0.1) is 0 Å². The van der Waals surface area contributed by atoms with E-state index in [0.717, 1.165) is 17.7 Å². The monoisotopic (exact) mass is 414 g/mol. The molecule has 2 atom stereocenters. The zero-order valence-electron chi connectivity index (χ0n) is 18.2. The van der Waals surface area contributed by atoms with Gasteiger partial charge in [-0.2, -0.15) is 4.39 Å². The molecule has 0 spiro atoms. The van der Waals surface area contributed by atoms with Crippen molar-refractivity contribution in [3.63, 3.8) is 0 Å². The number of hydrogen-bond donors (Lipinski definition) is 0. The summed E-state index contributed by atoms with van der Waals surface area (Å²) in [6.07, 6.45) is 2.92. The number of carbonyl (C=O) groups excluding carboxylic acids is 1. The molecule has 2 heterocycles. The maximum atomic E-state index is 14.8. The van der Waals surface area contributed by atoms with Crippen LogP contribution in [-0.2, 0) is 4.79 Å². The van der Waals surface area contributed by atoms with Crippen LogP contribution in [0.2, 0.25) is 0 Å². The third-order valence-corrected chi connectivity index (χ3v) is 5.22. The van der Waals surface area contributed by atoms with Gasteiger partial charge in [0.25, 0.3) is 5.88 Å². The number of halogens is 1. The predicted molar refractivity (Wildman–Crippen MR) is 116 cm³/mol. The Balaban J connectivity index is 1.59. The third kappa shape index (κ3) is 5.71. The number of benzene rings is 1. The summed E-state index contributed by atoms with van der Waals surface area (Å²) in [5.41, 5.74) is 1.63. The van der Waals surface area contributed by atoms with Gasteiger partial charge < -0.3 is 19.2 Å². The van der Waals surface area contributed by atoms with E-state index in [2.05, 4.69) is 11.9 Å². The van der Waals surface area contributed by atoms with Gasteiger partial charge in [-0.25, -0.2) is 4.98 Å². The number of anilines is 1. The van der Waals surface area contributed by atoms with Crippen molar-refractivity contribution in [2.75, 3.05) is 24.6 Å². The fourth-order valence-corrected chi connectivity index (χ4v) is 3.67. The number of pyridine rings is 1. The highest BCUT2D eigenvalue weighted by Gasteiger charge is 2.27. The van der Waals surface area contributed by atoms with Crippen molar-refractivity contribution in [2.24, 2.45) is 5.92 Å². The molecule has 1 aliphatic heterocycles. The molecule has 0 aliphatic carbocycles. The lowest BCUT2D eigenvalue weighted by molar-refractivity contribution is -0.117. The van der Waals surface area contributed by atoms with Crippen LogP contribution < -0.4 is 14.4 Å². The van der Waals surface area contributed by atoms with Gasteiger partial charge >= 0.3 is 0 Å². The van der Waals surface area contributed by atoms with Gasteiger partial charge in [0.2, 0.25) is 5.82 Å². The second-order valence-electron chi connectivity index (χ2n) is 8.50. The van der Waals surface area contributed by atoms with Crippen LogP contribution in [0.25, 0.3) is 0 Å². The molecule has 0 amide bonds. The maximum Gasteiger partial charge on any atom is 0.252 e. The molecule has 0 radical (unpaired) electrons. The largest absolute Gasteiger partial charge is 0.489 e. The van der Waals surface area contributed by atoms with Gasteiger partial charge in [0, 0.05) is 25.6 Å². The summed E-state index contributed by atoms with van der Waals surface area (Å²) in [4.78, 5) is 17.3. The third-order valence-electron chi connectivity index (χ3n) is 5.22. The summed E-state index contributed by atoms with van der Waals surface area (Å²) in [6, 6.07) is 9.59. The first-order chi connectivity index (χ1) is 14.3. The van der Waals surface area contributed by atoms with Crippen LogP contribution in [-0.4, -0.2) is 36.6 Å². The zero-order valence-corrected chi connectivity index (χ0v) is 18.2. The van der Waals surface area contributed by atoms with Crippen molar-refractivity contribution in [1.82, 2.24) is 4.98 Å². The second kappa shape index (κ2) is 9.92. The van der Waals surface area contributed by atoms with E-state index >= 15 is 0 Å². The lowest BCUT2D eigenvalue weighted by atomic mass is 9.96. The summed E-state index contributed by atoms with van der Waals surface area (Å²) in [5.74, 6) is 1.12. The van der Waals surface area contributed by atoms with E-state index in [1.807, 2.05) is 43.0 Å². The molecular formula is C24H31FN2O3. The molecule has 1 aromatic heterocycles. The summed E-state index contributed by atoms with van der Waals surface area (Å²) < 4.78 is 26.5. The Morgan fingerprint density at radius 3 is 2.63 bits per heavy atom. The summed E-state index contributed by atoms with van der Waals surface area (Å²) in [6.45, 7) is 9.44. The van der Waals surface area contributed by atoms with E-state index in [1.165, 1.54) is 0 Å². The van der Waals surface area contributed by atoms with Crippen molar-refractivity contribution in [3.05, 3.63) is 47.9 Å². The predicted octanol–water partition coefficient (Wildman–Crippen LogP) is 5.00. The standard InChI is InChI=1S/C24H31FN2O3/c1-16(2)15-29-24-23(25)22(9-11-26-24)27-12-10-21(14-27)30-20-7-5-19(6-8-20)17(3)13-18(4)28/h5-9,11,16-17,21H,10,12-15H2,1-4H3/t17-,21-/m1/s1. The van der Waals surface area contributed by atoms with Crippen molar-refractivity contribution >= 4 is 11.5 Å².